The highest BCUT2D eigenvalue weighted by molar-refractivity contribution is 14.1. The number of hydrogen-bond acceptors (Lipinski definition) is 4. The van der Waals surface area contributed by atoms with E-state index in [2.05, 4.69) is 33.1 Å². The van der Waals surface area contributed by atoms with Gasteiger partial charge in [0.2, 0.25) is 0 Å². The largest absolute Gasteiger partial charge is 0.272 e. The van der Waals surface area contributed by atoms with E-state index in [0.717, 1.165) is 3.57 Å². The first-order valence-electron chi connectivity index (χ1n) is 5.90. The smallest absolute Gasteiger partial charge is 0.267 e. The van der Waals surface area contributed by atoms with Gasteiger partial charge in [-0.3, -0.25) is 14.9 Å². The van der Waals surface area contributed by atoms with Crippen LogP contribution in [0.25, 0.3) is 0 Å². The maximum absolute atomic E-state index is 11.9. The first-order valence-corrected chi connectivity index (χ1v) is 6.98. The number of hydrazone groups is 1. The molecule has 1 amide bonds. The van der Waals surface area contributed by atoms with Gasteiger partial charge in [0.1, 0.15) is 0 Å². The molecule has 1 N–H and O–H groups in total. The van der Waals surface area contributed by atoms with E-state index in [1.807, 2.05) is 12.1 Å². The van der Waals surface area contributed by atoms with Crippen molar-refractivity contribution in [2.75, 3.05) is 0 Å². The van der Waals surface area contributed by atoms with Crippen molar-refractivity contribution in [3.63, 3.8) is 0 Å². The number of non-ortho nitro benzene ring substituents is 1. The molecule has 0 saturated carbocycles. The molecule has 0 heterocycles. The van der Waals surface area contributed by atoms with E-state index in [0.29, 0.717) is 11.1 Å². The number of nitrogens with zero attached hydrogens (tertiary/aromatic N) is 2. The van der Waals surface area contributed by atoms with E-state index in [4.69, 9.17) is 0 Å². The molecule has 2 aromatic rings. The number of halogens is 1. The van der Waals surface area contributed by atoms with Gasteiger partial charge in [0.25, 0.3) is 11.6 Å². The van der Waals surface area contributed by atoms with Crippen molar-refractivity contribution in [1.82, 2.24) is 5.43 Å². The monoisotopic (exact) mass is 395 g/mol. The Morgan fingerprint density at radius 3 is 2.48 bits per heavy atom. The van der Waals surface area contributed by atoms with E-state index >= 15 is 0 Å². The molecule has 0 atom stereocenters. The fourth-order valence-electron chi connectivity index (χ4n) is 1.55. The Kier molecular flexibility index (Phi) is 4.99. The molecule has 0 aliphatic rings. The molecule has 0 fully saturated rings. The number of carbonyl (C=O) groups excluding carboxylic acids is 1. The van der Waals surface area contributed by atoms with Gasteiger partial charge < -0.3 is 0 Å². The molecule has 7 heteroatoms. The van der Waals surface area contributed by atoms with Crippen LogP contribution in [0.4, 0.5) is 5.69 Å². The fraction of sp³-hybridized carbons (Fsp3) is 0. The lowest BCUT2D eigenvalue weighted by atomic mass is 10.2. The lowest BCUT2D eigenvalue weighted by Gasteiger charge is -2.01. The van der Waals surface area contributed by atoms with E-state index in [-0.39, 0.29) is 11.6 Å². The highest BCUT2D eigenvalue weighted by Gasteiger charge is 2.07. The summed E-state index contributed by atoms with van der Waals surface area (Å²) in [6, 6.07) is 13.0. The number of hydrogen-bond donors (Lipinski definition) is 1. The molecule has 0 aliphatic heterocycles. The molecule has 106 valence electrons. The van der Waals surface area contributed by atoms with Crippen LogP contribution in [0.5, 0.6) is 0 Å². The summed E-state index contributed by atoms with van der Waals surface area (Å²) in [5.74, 6) is -0.307. The van der Waals surface area contributed by atoms with E-state index < -0.39 is 4.92 Å². The molecule has 0 saturated heterocycles. The van der Waals surface area contributed by atoms with Crippen LogP contribution in [-0.4, -0.2) is 17.0 Å². The van der Waals surface area contributed by atoms with Crippen LogP contribution in [0.3, 0.4) is 0 Å². The standard InChI is InChI=1S/C14H10IN3O3/c15-13-4-2-1-3-12(13)14(19)17-16-9-10-5-7-11(8-6-10)18(20)21/h1-9H,(H,17,19)/b16-9-. The third-order valence-electron chi connectivity index (χ3n) is 2.60. The van der Waals surface area contributed by atoms with Crippen LogP contribution < -0.4 is 5.43 Å². The maximum Gasteiger partial charge on any atom is 0.272 e. The predicted octanol–water partition coefficient (Wildman–Crippen LogP) is 2.96. The third-order valence-corrected chi connectivity index (χ3v) is 3.54. The summed E-state index contributed by atoms with van der Waals surface area (Å²) < 4.78 is 0.832. The Balaban J connectivity index is 2.01. The summed E-state index contributed by atoms with van der Waals surface area (Å²) in [6.07, 6.45) is 1.43. The zero-order valence-corrected chi connectivity index (χ0v) is 12.9. The Morgan fingerprint density at radius 2 is 1.86 bits per heavy atom. The molecule has 0 spiro atoms. The molecule has 0 aliphatic carbocycles. The molecule has 21 heavy (non-hydrogen) atoms. The Morgan fingerprint density at radius 1 is 1.19 bits per heavy atom. The number of carbonyl (C=O) groups is 1. The van der Waals surface area contributed by atoms with E-state index in [1.54, 1.807) is 24.3 Å². The molecule has 2 rings (SSSR count). The second-order valence-electron chi connectivity index (χ2n) is 4.03. The van der Waals surface area contributed by atoms with E-state index in [1.165, 1.54) is 18.3 Å². The minimum Gasteiger partial charge on any atom is -0.267 e. The van der Waals surface area contributed by atoms with Gasteiger partial charge in [-0.25, -0.2) is 5.43 Å². The third kappa shape index (κ3) is 4.09. The normalized spacial score (nSPS) is 10.5. The van der Waals surface area contributed by atoms with Gasteiger partial charge >= 0.3 is 0 Å². The predicted molar refractivity (Wildman–Crippen MR) is 87.3 cm³/mol. The van der Waals surface area contributed by atoms with Gasteiger partial charge in [0, 0.05) is 15.7 Å². The quantitative estimate of drug-likeness (QED) is 0.374. The van der Waals surface area contributed by atoms with Gasteiger partial charge in [-0.2, -0.15) is 5.10 Å². The Hall–Kier alpha value is -2.29. The van der Waals surface area contributed by atoms with Crippen LogP contribution in [-0.2, 0) is 0 Å². The highest BCUT2D eigenvalue weighted by Crippen LogP contribution is 2.12. The lowest BCUT2D eigenvalue weighted by molar-refractivity contribution is -0.384. The number of nitro benzene ring substituents is 1. The molecule has 0 aromatic heterocycles. The number of amides is 1. The molecule has 0 bridgehead atoms. The summed E-state index contributed by atoms with van der Waals surface area (Å²) in [5, 5.41) is 14.4. The van der Waals surface area contributed by atoms with Crippen LogP contribution in [0.2, 0.25) is 0 Å². The number of benzene rings is 2. The van der Waals surface area contributed by atoms with Crippen molar-refractivity contribution >= 4 is 40.4 Å². The minimum absolute atomic E-state index is 0.00928. The number of nitro groups is 1. The zero-order valence-electron chi connectivity index (χ0n) is 10.7. The second kappa shape index (κ2) is 6.93. The van der Waals surface area contributed by atoms with E-state index in [9.17, 15) is 14.9 Å². The second-order valence-corrected chi connectivity index (χ2v) is 5.19. The highest BCUT2D eigenvalue weighted by atomic mass is 127. The first kappa shape index (κ1) is 15.1. The van der Waals surface area contributed by atoms with Crippen molar-refractivity contribution in [1.29, 1.82) is 0 Å². The van der Waals surface area contributed by atoms with Gasteiger partial charge in [0.15, 0.2) is 0 Å². The average Bonchev–Trinajstić information content (AvgIpc) is 2.48. The van der Waals surface area contributed by atoms with Crippen molar-refractivity contribution in [3.8, 4) is 0 Å². The lowest BCUT2D eigenvalue weighted by Crippen LogP contribution is -2.18. The van der Waals surface area contributed by atoms with Crippen molar-refractivity contribution in [3.05, 3.63) is 73.3 Å². The first-order chi connectivity index (χ1) is 10.1. The Bertz CT molecular complexity index is 699. The molecule has 2 aromatic carbocycles. The number of nitrogens with one attached hydrogen (secondary N) is 1. The van der Waals surface area contributed by atoms with Crippen LogP contribution in [0, 0.1) is 13.7 Å². The summed E-state index contributed by atoms with van der Waals surface area (Å²) >= 11 is 2.07. The molecular formula is C14H10IN3O3. The number of rotatable bonds is 4. The molecule has 6 nitrogen and oxygen atoms in total. The van der Waals surface area contributed by atoms with Crippen LogP contribution in [0.15, 0.2) is 53.6 Å². The average molecular weight is 395 g/mol. The summed E-state index contributed by atoms with van der Waals surface area (Å²) in [7, 11) is 0. The molecule has 0 unspecified atom stereocenters. The SMILES string of the molecule is O=C(N/N=C\c1ccc([N+](=O)[O-])cc1)c1ccccc1I. The van der Waals surface area contributed by atoms with Crippen molar-refractivity contribution in [2.24, 2.45) is 5.10 Å². The maximum atomic E-state index is 11.9. The fourth-order valence-corrected chi connectivity index (χ4v) is 2.19. The van der Waals surface area contributed by atoms with Gasteiger partial charge in [-0.05, 0) is 52.4 Å². The van der Waals surface area contributed by atoms with Crippen molar-refractivity contribution in [2.45, 2.75) is 0 Å². The molecule has 0 radical (unpaired) electrons. The van der Waals surface area contributed by atoms with Crippen LogP contribution in [0.1, 0.15) is 15.9 Å². The molecular weight excluding hydrogens is 385 g/mol. The summed E-state index contributed by atoms with van der Waals surface area (Å²) in [5.41, 5.74) is 3.62. The van der Waals surface area contributed by atoms with Gasteiger partial charge in [-0.15, -0.1) is 0 Å². The topological polar surface area (TPSA) is 84.6 Å². The summed E-state index contributed by atoms with van der Waals surface area (Å²) in [4.78, 5) is 21.9. The summed E-state index contributed by atoms with van der Waals surface area (Å²) in [6.45, 7) is 0. The Labute approximate surface area is 134 Å². The van der Waals surface area contributed by atoms with Gasteiger partial charge in [-0.1, -0.05) is 12.1 Å². The van der Waals surface area contributed by atoms with Crippen LogP contribution >= 0.6 is 22.6 Å². The van der Waals surface area contributed by atoms with Crippen molar-refractivity contribution < 1.29 is 9.72 Å². The van der Waals surface area contributed by atoms with Gasteiger partial charge in [0.05, 0.1) is 16.7 Å². The minimum atomic E-state index is -0.472. The zero-order chi connectivity index (χ0) is 15.2.